The Balaban J connectivity index is 1.87. The summed E-state index contributed by atoms with van der Waals surface area (Å²) in [7, 11) is 0. The number of rotatable bonds is 4. The van der Waals surface area contributed by atoms with Crippen LogP contribution in [-0.2, 0) is 6.54 Å². The molecule has 0 radical (unpaired) electrons. The Morgan fingerprint density at radius 1 is 1.36 bits per heavy atom. The molecule has 0 atom stereocenters. The Kier molecular flexibility index (Phi) is 3.81. The van der Waals surface area contributed by atoms with Crippen LogP contribution in [0.5, 0.6) is 0 Å². The van der Waals surface area contributed by atoms with Gasteiger partial charge in [0.25, 0.3) is 0 Å². The molecule has 0 spiro atoms. The van der Waals surface area contributed by atoms with Crippen LogP contribution in [0.25, 0.3) is 11.4 Å². The van der Waals surface area contributed by atoms with Gasteiger partial charge < -0.3 is 15.2 Å². The van der Waals surface area contributed by atoms with Gasteiger partial charge in [0, 0.05) is 30.4 Å². The van der Waals surface area contributed by atoms with Crippen molar-refractivity contribution < 1.29 is 9.32 Å². The second kappa shape index (κ2) is 5.76. The Labute approximate surface area is 128 Å². The summed E-state index contributed by atoms with van der Waals surface area (Å²) in [6.07, 6.45) is 0. The number of nitrogens with zero attached hydrogens (tertiary/aromatic N) is 4. The van der Waals surface area contributed by atoms with Gasteiger partial charge in [-0.05, 0) is 26.0 Å². The van der Waals surface area contributed by atoms with Gasteiger partial charge in [-0.1, -0.05) is 17.3 Å². The van der Waals surface area contributed by atoms with E-state index in [4.69, 9.17) is 10.3 Å². The van der Waals surface area contributed by atoms with Crippen LogP contribution >= 0.6 is 0 Å². The molecule has 2 aromatic rings. The maximum absolute atomic E-state index is 12.4. The summed E-state index contributed by atoms with van der Waals surface area (Å²) in [6, 6.07) is 7.80. The number of nitrogens with two attached hydrogens (primary N) is 1. The first kappa shape index (κ1) is 14.5. The predicted molar refractivity (Wildman–Crippen MR) is 82.2 cm³/mol. The van der Waals surface area contributed by atoms with Crippen LogP contribution < -0.4 is 10.6 Å². The largest absolute Gasteiger partial charge is 0.338 e. The second-order valence-corrected chi connectivity index (χ2v) is 5.49. The number of hydrogen-bond acceptors (Lipinski definition) is 5. The van der Waals surface area contributed by atoms with E-state index in [1.807, 2.05) is 43.0 Å². The SMILES string of the molecule is CC(C)N1CCN(c2cccc(-c3noc(CN)n3)c2)C1=O. The van der Waals surface area contributed by atoms with Crippen molar-refractivity contribution in [2.24, 2.45) is 5.73 Å². The van der Waals surface area contributed by atoms with Crippen LogP contribution in [-0.4, -0.2) is 40.2 Å². The molecular formula is C15H19N5O2. The number of anilines is 1. The zero-order valence-electron chi connectivity index (χ0n) is 12.7. The zero-order chi connectivity index (χ0) is 15.7. The van der Waals surface area contributed by atoms with Gasteiger partial charge in [-0.15, -0.1) is 0 Å². The fourth-order valence-corrected chi connectivity index (χ4v) is 2.54. The minimum absolute atomic E-state index is 0.0305. The molecule has 1 aromatic carbocycles. The van der Waals surface area contributed by atoms with Crippen molar-refractivity contribution >= 4 is 11.7 Å². The maximum atomic E-state index is 12.4. The molecule has 1 aromatic heterocycles. The number of aromatic nitrogens is 2. The van der Waals surface area contributed by atoms with Crippen molar-refractivity contribution in [3.63, 3.8) is 0 Å². The minimum atomic E-state index is 0.0305. The first-order valence-electron chi connectivity index (χ1n) is 7.31. The first-order chi connectivity index (χ1) is 10.6. The van der Waals surface area contributed by atoms with E-state index in [1.165, 1.54) is 0 Å². The molecule has 0 unspecified atom stereocenters. The monoisotopic (exact) mass is 301 g/mol. The van der Waals surface area contributed by atoms with Gasteiger partial charge in [0.05, 0.1) is 6.54 Å². The average Bonchev–Trinajstić information content (AvgIpc) is 3.13. The van der Waals surface area contributed by atoms with E-state index in [9.17, 15) is 4.79 Å². The molecule has 3 rings (SSSR count). The standard InChI is InChI=1S/C15H19N5O2/c1-10(2)19-6-7-20(15(19)21)12-5-3-4-11(8-12)14-17-13(9-16)22-18-14/h3-5,8,10H,6-7,9,16H2,1-2H3. The van der Waals surface area contributed by atoms with E-state index >= 15 is 0 Å². The predicted octanol–water partition coefficient (Wildman–Crippen LogP) is 1.85. The lowest BCUT2D eigenvalue weighted by Gasteiger charge is -2.21. The van der Waals surface area contributed by atoms with E-state index in [2.05, 4.69) is 10.1 Å². The summed E-state index contributed by atoms with van der Waals surface area (Å²) in [5.41, 5.74) is 7.12. The number of urea groups is 1. The lowest BCUT2D eigenvalue weighted by molar-refractivity contribution is 0.209. The fourth-order valence-electron chi connectivity index (χ4n) is 2.54. The summed E-state index contributed by atoms with van der Waals surface area (Å²) >= 11 is 0. The van der Waals surface area contributed by atoms with Crippen LogP contribution in [0, 0.1) is 0 Å². The van der Waals surface area contributed by atoms with Crippen molar-refractivity contribution in [2.45, 2.75) is 26.4 Å². The van der Waals surface area contributed by atoms with E-state index in [0.717, 1.165) is 17.8 Å². The average molecular weight is 301 g/mol. The van der Waals surface area contributed by atoms with Gasteiger partial charge in [-0.2, -0.15) is 4.98 Å². The lowest BCUT2D eigenvalue weighted by Crippen LogP contribution is -2.36. The molecule has 1 aliphatic heterocycles. The molecular weight excluding hydrogens is 282 g/mol. The highest BCUT2D eigenvalue weighted by atomic mass is 16.5. The van der Waals surface area contributed by atoms with Gasteiger partial charge in [-0.25, -0.2) is 4.79 Å². The molecule has 2 heterocycles. The third-order valence-corrected chi connectivity index (χ3v) is 3.72. The molecule has 0 aliphatic carbocycles. The summed E-state index contributed by atoms with van der Waals surface area (Å²) in [6.45, 7) is 5.67. The van der Waals surface area contributed by atoms with Crippen molar-refractivity contribution in [1.29, 1.82) is 0 Å². The molecule has 116 valence electrons. The van der Waals surface area contributed by atoms with E-state index in [-0.39, 0.29) is 18.6 Å². The topological polar surface area (TPSA) is 88.5 Å². The van der Waals surface area contributed by atoms with Gasteiger partial charge in [0.15, 0.2) is 0 Å². The lowest BCUT2D eigenvalue weighted by atomic mass is 10.2. The van der Waals surface area contributed by atoms with Crippen molar-refractivity contribution in [3.05, 3.63) is 30.2 Å². The third kappa shape index (κ3) is 2.55. The highest BCUT2D eigenvalue weighted by Crippen LogP contribution is 2.26. The molecule has 1 saturated heterocycles. The normalized spacial score (nSPS) is 15.2. The molecule has 0 saturated carbocycles. The Bertz CT molecular complexity index is 682. The first-order valence-corrected chi connectivity index (χ1v) is 7.31. The minimum Gasteiger partial charge on any atom is -0.338 e. The van der Waals surface area contributed by atoms with Crippen LogP contribution in [0.2, 0.25) is 0 Å². The molecule has 1 fully saturated rings. The molecule has 7 nitrogen and oxygen atoms in total. The summed E-state index contributed by atoms with van der Waals surface area (Å²) in [5, 5.41) is 3.91. The number of hydrogen-bond donors (Lipinski definition) is 1. The highest BCUT2D eigenvalue weighted by molar-refractivity contribution is 5.94. The highest BCUT2D eigenvalue weighted by Gasteiger charge is 2.31. The van der Waals surface area contributed by atoms with Gasteiger partial charge in [0.1, 0.15) is 0 Å². The molecule has 7 heteroatoms. The fraction of sp³-hybridized carbons (Fsp3) is 0.400. The Hall–Kier alpha value is -2.41. The Morgan fingerprint density at radius 2 is 2.18 bits per heavy atom. The molecule has 1 aliphatic rings. The maximum Gasteiger partial charge on any atom is 0.324 e. The number of carbonyl (C=O) groups is 1. The third-order valence-electron chi connectivity index (χ3n) is 3.72. The van der Waals surface area contributed by atoms with E-state index < -0.39 is 0 Å². The summed E-state index contributed by atoms with van der Waals surface area (Å²) < 4.78 is 5.03. The van der Waals surface area contributed by atoms with Crippen molar-refractivity contribution in [3.8, 4) is 11.4 Å². The number of benzene rings is 1. The molecule has 22 heavy (non-hydrogen) atoms. The van der Waals surface area contributed by atoms with Crippen LogP contribution in [0.1, 0.15) is 19.7 Å². The zero-order valence-corrected chi connectivity index (χ0v) is 12.7. The van der Waals surface area contributed by atoms with E-state index in [1.54, 1.807) is 4.90 Å². The second-order valence-electron chi connectivity index (χ2n) is 5.49. The summed E-state index contributed by atoms with van der Waals surface area (Å²) in [4.78, 5) is 20.3. The molecule has 2 amide bonds. The smallest absolute Gasteiger partial charge is 0.324 e. The molecule has 0 bridgehead atoms. The van der Waals surface area contributed by atoms with Gasteiger partial charge >= 0.3 is 6.03 Å². The van der Waals surface area contributed by atoms with Crippen LogP contribution in [0.15, 0.2) is 28.8 Å². The Morgan fingerprint density at radius 3 is 2.82 bits per heavy atom. The van der Waals surface area contributed by atoms with Gasteiger partial charge in [0.2, 0.25) is 11.7 Å². The molecule has 2 N–H and O–H groups in total. The number of amides is 2. The van der Waals surface area contributed by atoms with Crippen LogP contribution in [0.3, 0.4) is 0 Å². The quantitative estimate of drug-likeness (QED) is 0.931. The van der Waals surface area contributed by atoms with Crippen molar-refractivity contribution in [1.82, 2.24) is 15.0 Å². The number of carbonyl (C=O) groups excluding carboxylic acids is 1. The van der Waals surface area contributed by atoms with Gasteiger partial charge in [-0.3, -0.25) is 4.90 Å². The van der Waals surface area contributed by atoms with E-state index in [0.29, 0.717) is 18.3 Å². The van der Waals surface area contributed by atoms with Crippen LogP contribution in [0.4, 0.5) is 10.5 Å². The van der Waals surface area contributed by atoms with Crippen molar-refractivity contribution in [2.75, 3.05) is 18.0 Å². The summed E-state index contributed by atoms with van der Waals surface area (Å²) in [5.74, 6) is 0.873.